The summed E-state index contributed by atoms with van der Waals surface area (Å²) >= 11 is 0. The van der Waals surface area contributed by atoms with Crippen LogP contribution in [0.15, 0.2) is 30.3 Å². The van der Waals surface area contributed by atoms with Crippen LogP contribution in [0.2, 0.25) is 0 Å². The average molecular weight is 161 g/mol. The van der Waals surface area contributed by atoms with Gasteiger partial charge in [-0.3, -0.25) is 4.79 Å². The number of aldehydes is 1. The van der Waals surface area contributed by atoms with Crippen molar-refractivity contribution >= 4 is 6.29 Å². The van der Waals surface area contributed by atoms with E-state index in [1.807, 2.05) is 6.07 Å². The predicted octanol–water partition coefficient (Wildman–Crippen LogP) is 1.16. The van der Waals surface area contributed by atoms with Gasteiger partial charge in [0.05, 0.1) is 0 Å². The van der Waals surface area contributed by atoms with Gasteiger partial charge in [-0.2, -0.15) is 5.26 Å². The molecular weight excluding hydrogens is 154 g/mol. The fourth-order valence-electron chi connectivity index (χ4n) is 0.730. The van der Waals surface area contributed by atoms with E-state index in [1.165, 1.54) is 0 Å². The predicted molar refractivity (Wildman–Crippen MR) is 42.5 cm³/mol. The maximum absolute atomic E-state index is 10.2. The van der Waals surface area contributed by atoms with Crippen molar-refractivity contribution in [2.75, 3.05) is 0 Å². The van der Waals surface area contributed by atoms with Crippen molar-refractivity contribution in [3.05, 3.63) is 30.3 Å². The summed E-state index contributed by atoms with van der Waals surface area (Å²) in [6, 6.07) is 10.5. The van der Waals surface area contributed by atoms with E-state index in [1.54, 1.807) is 30.3 Å². The highest BCUT2D eigenvalue weighted by Crippen LogP contribution is 2.09. The highest BCUT2D eigenvalue weighted by molar-refractivity contribution is 5.61. The molecule has 0 fully saturated rings. The van der Waals surface area contributed by atoms with Crippen LogP contribution in [0.4, 0.5) is 0 Å². The molecule has 3 heteroatoms. The van der Waals surface area contributed by atoms with E-state index in [4.69, 9.17) is 10.00 Å². The number of carbonyl (C=O) groups is 1. The van der Waals surface area contributed by atoms with Crippen molar-refractivity contribution in [1.29, 1.82) is 5.26 Å². The number of benzene rings is 1. The highest BCUT2D eigenvalue weighted by Gasteiger charge is 2.04. The summed E-state index contributed by atoms with van der Waals surface area (Å²) in [5, 5.41) is 8.38. The Morgan fingerprint density at radius 1 is 1.42 bits per heavy atom. The van der Waals surface area contributed by atoms with Gasteiger partial charge < -0.3 is 4.74 Å². The molecule has 12 heavy (non-hydrogen) atoms. The van der Waals surface area contributed by atoms with Crippen LogP contribution in [0.1, 0.15) is 0 Å². The van der Waals surface area contributed by atoms with Gasteiger partial charge in [-0.25, -0.2) is 0 Å². The quantitative estimate of drug-likeness (QED) is 0.625. The second kappa shape index (κ2) is 4.14. The Bertz CT molecular complexity index is 289. The molecule has 0 aliphatic rings. The minimum absolute atomic E-state index is 0.465. The second-order valence-corrected chi connectivity index (χ2v) is 2.12. The molecule has 1 aromatic rings. The first kappa shape index (κ1) is 8.28. The van der Waals surface area contributed by atoms with Crippen molar-refractivity contribution in [2.45, 2.75) is 6.10 Å². The molecule has 0 N–H and O–H groups in total. The normalized spacial score (nSPS) is 11.2. The molecule has 0 aliphatic carbocycles. The Kier molecular flexibility index (Phi) is 2.86. The summed E-state index contributed by atoms with van der Waals surface area (Å²) in [7, 11) is 0. The number of carbonyl (C=O) groups excluding carboxylic acids is 1. The number of rotatable bonds is 3. The third-order valence-electron chi connectivity index (χ3n) is 1.26. The lowest BCUT2D eigenvalue weighted by Gasteiger charge is -2.04. The van der Waals surface area contributed by atoms with Crippen LogP contribution in [0.3, 0.4) is 0 Å². The number of hydrogen-bond donors (Lipinski definition) is 0. The van der Waals surface area contributed by atoms with Crippen LogP contribution < -0.4 is 4.74 Å². The first-order chi connectivity index (χ1) is 5.86. The molecule has 0 heterocycles. The molecule has 0 aromatic heterocycles. The summed E-state index contributed by atoms with van der Waals surface area (Å²) in [5.41, 5.74) is 0. The standard InChI is InChI=1S/C9H7NO2/c10-6-9(7-11)12-8-4-2-1-3-5-8/h1-5,7,9H. The number of nitriles is 1. The fraction of sp³-hybridized carbons (Fsp3) is 0.111. The van der Waals surface area contributed by atoms with Gasteiger partial charge in [-0.1, -0.05) is 18.2 Å². The molecule has 0 radical (unpaired) electrons. The Morgan fingerprint density at radius 2 is 2.08 bits per heavy atom. The van der Waals surface area contributed by atoms with Gasteiger partial charge in [0.2, 0.25) is 6.10 Å². The summed E-state index contributed by atoms with van der Waals surface area (Å²) in [6.45, 7) is 0. The summed E-state index contributed by atoms with van der Waals surface area (Å²) in [6.07, 6.45) is -0.542. The lowest BCUT2D eigenvalue weighted by molar-refractivity contribution is -0.111. The minimum atomic E-state index is -1.01. The average Bonchev–Trinajstić information content (AvgIpc) is 2.16. The van der Waals surface area contributed by atoms with Crippen LogP contribution in [-0.2, 0) is 4.79 Å². The molecule has 3 nitrogen and oxygen atoms in total. The largest absolute Gasteiger partial charge is 0.468 e. The van der Waals surface area contributed by atoms with Gasteiger partial charge in [0, 0.05) is 0 Å². The Labute approximate surface area is 70.2 Å². The third kappa shape index (κ3) is 2.10. The van der Waals surface area contributed by atoms with Crippen LogP contribution in [0, 0.1) is 11.3 Å². The molecule has 0 amide bonds. The van der Waals surface area contributed by atoms with E-state index in [0.29, 0.717) is 12.0 Å². The molecule has 60 valence electrons. The van der Waals surface area contributed by atoms with Gasteiger partial charge in [0.15, 0.2) is 6.29 Å². The van der Waals surface area contributed by atoms with Gasteiger partial charge in [-0.15, -0.1) is 0 Å². The molecule has 0 saturated carbocycles. The number of ether oxygens (including phenoxy) is 1. The summed E-state index contributed by atoms with van der Waals surface area (Å²) in [5.74, 6) is 0.524. The van der Waals surface area contributed by atoms with Crippen molar-refractivity contribution in [1.82, 2.24) is 0 Å². The number of para-hydroxylation sites is 1. The fourth-order valence-corrected chi connectivity index (χ4v) is 0.730. The van der Waals surface area contributed by atoms with Gasteiger partial charge >= 0.3 is 0 Å². The zero-order chi connectivity index (χ0) is 8.81. The van der Waals surface area contributed by atoms with Crippen LogP contribution in [0.5, 0.6) is 5.75 Å². The van der Waals surface area contributed by atoms with Gasteiger partial charge in [-0.05, 0) is 12.1 Å². The first-order valence-corrected chi connectivity index (χ1v) is 3.43. The van der Waals surface area contributed by atoms with Crippen molar-refractivity contribution < 1.29 is 9.53 Å². The molecule has 0 spiro atoms. The lowest BCUT2D eigenvalue weighted by Crippen LogP contribution is -2.14. The SMILES string of the molecule is N#CC(C=O)Oc1ccccc1. The van der Waals surface area contributed by atoms with Crippen LogP contribution in [0.25, 0.3) is 0 Å². The topological polar surface area (TPSA) is 50.1 Å². The second-order valence-electron chi connectivity index (χ2n) is 2.12. The lowest BCUT2D eigenvalue weighted by atomic mass is 10.3. The molecule has 1 rings (SSSR count). The van der Waals surface area contributed by atoms with E-state index in [0.717, 1.165) is 0 Å². The molecule has 1 atom stereocenters. The van der Waals surface area contributed by atoms with Crippen molar-refractivity contribution in [2.24, 2.45) is 0 Å². The molecule has 0 saturated heterocycles. The zero-order valence-electron chi connectivity index (χ0n) is 6.31. The highest BCUT2D eigenvalue weighted by atomic mass is 16.5. The van der Waals surface area contributed by atoms with E-state index >= 15 is 0 Å². The summed E-state index contributed by atoms with van der Waals surface area (Å²) < 4.78 is 4.98. The van der Waals surface area contributed by atoms with E-state index in [-0.39, 0.29) is 0 Å². The summed E-state index contributed by atoms with van der Waals surface area (Å²) in [4.78, 5) is 10.2. The third-order valence-corrected chi connectivity index (χ3v) is 1.26. The number of hydrogen-bond acceptors (Lipinski definition) is 3. The molecule has 0 aliphatic heterocycles. The molecular formula is C9H7NO2. The van der Waals surface area contributed by atoms with Gasteiger partial charge in [0.25, 0.3) is 0 Å². The Hall–Kier alpha value is -1.82. The van der Waals surface area contributed by atoms with Crippen LogP contribution >= 0.6 is 0 Å². The van der Waals surface area contributed by atoms with Crippen molar-refractivity contribution in [3.8, 4) is 11.8 Å². The minimum Gasteiger partial charge on any atom is -0.468 e. The molecule has 1 aromatic carbocycles. The van der Waals surface area contributed by atoms with E-state index in [9.17, 15) is 4.79 Å². The maximum atomic E-state index is 10.2. The van der Waals surface area contributed by atoms with Crippen LogP contribution in [-0.4, -0.2) is 12.4 Å². The van der Waals surface area contributed by atoms with Crippen molar-refractivity contribution in [3.63, 3.8) is 0 Å². The maximum Gasteiger partial charge on any atom is 0.238 e. The molecule has 1 unspecified atom stereocenters. The Morgan fingerprint density at radius 3 is 2.58 bits per heavy atom. The smallest absolute Gasteiger partial charge is 0.238 e. The van der Waals surface area contributed by atoms with E-state index < -0.39 is 6.10 Å². The monoisotopic (exact) mass is 161 g/mol. The zero-order valence-corrected chi connectivity index (χ0v) is 6.31. The first-order valence-electron chi connectivity index (χ1n) is 3.43. The van der Waals surface area contributed by atoms with Gasteiger partial charge in [0.1, 0.15) is 11.8 Å². The Balaban J connectivity index is 2.64. The molecule has 0 bridgehead atoms. The number of nitrogens with zero attached hydrogens (tertiary/aromatic N) is 1. The van der Waals surface area contributed by atoms with E-state index in [2.05, 4.69) is 0 Å².